The van der Waals surface area contributed by atoms with E-state index in [2.05, 4.69) is 10.4 Å². The van der Waals surface area contributed by atoms with Crippen molar-refractivity contribution in [3.05, 3.63) is 11.3 Å². The molecule has 0 radical (unpaired) electrons. The molecule has 0 aromatic carbocycles. The maximum Gasteiger partial charge on any atom is 0.305 e. The highest BCUT2D eigenvalue weighted by Crippen LogP contribution is 2.29. The number of rotatable bonds is 6. The summed E-state index contributed by atoms with van der Waals surface area (Å²) < 4.78 is 6.90. The third-order valence-corrected chi connectivity index (χ3v) is 2.59. The summed E-state index contributed by atoms with van der Waals surface area (Å²) in [6, 6.07) is -0.277. The average molecular weight is 241 g/mol. The van der Waals surface area contributed by atoms with Crippen molar-refractivity contribution in [2.75, 3.05) is 13.7 Å². The molecule has 17 heavy (non-hydrogen) atoms. The van der Waals surface area contributed by atoms with E-state index in [4.69, 9.17) is 9.84 Å². The number of ether oxygens (including phenoxy) is 1. The van der Waals surface area contributed by atoms with Gasteiger partial charge in [-0.15, -0.1) is 0 Å². The van der Waals surface area contributed by atoms with Gasteiger partial charge in [0.2, 0.25) is 5.88 Å². The molecule has 1 aromatic heterocycles. The number of carboxylic acid groups (broad SMARTS) is 1. The third kappa shape index (κ3) is 2.97. The van der Waals surface area contributed by atoms with Crippen molar-refractivity contribution >= 4 is 5.97 Å². The lowest BCUT2D eigenvalue weighted by atomic mass is 10.0. The van der Waals surface area contributed by atoms with E-state index in [1.807, 2.05) is 13.8 Å². The van der Waals surface area contributed by atoms with Gasteiger partial charge in [-0.3, -0.25) is 4.79 Å². The van der Waals surface area contributed by atoms with Crippen LogP contribution in [0.3, 0.4) is 0 Å². The zero-order valence-electron chi connectivity index (χ0n) is 10.6. The first-order valence-electron chi connectivity index (χ1n) is 5.53. The highest BCUT2D eigenvalue weighted by molar-refractivity contribution is 5.68. The molecule has 1 unspecified atom stereocenters. The second-order valence-corrected chi connectivity index (χ2v) is 3.84. The topological polar surface area (TPSA) is 76.4 Å². The smallest absolute Gasteiger partial charge is 0.305 e. The predicted molar refractivity (Wildman–Crippen MR) is 63.2 cm³/mol. The van der Waals surface area contributed by atoms with Crippen LogP contribution in [-0.2, 0) is 11.8 Å². The van der Waals surface area contributed by atoms with E-state index in [0.717, 1.165) is 11.3 Å². The lowest BCUT2D eigenvalue weighted by Gasteiger charge is -2.16. The van der Waals surface area contributed by atoms with Gasteiger partial charge in [-0.2, -0.15) is 5.10 Å². The maximum absolute atomic E-state index is 10.9. The molecule has 96 valence electrons. The van der Waals surface area contributed by atoms with Crippen LogP contribution >= 0.6 is 0 Å². The number of hydrogen-bond donors (Lipinski definition) is 2. The van der Waals surface area contributed by atoms with Crippen LogP contribution < -0.4 is 10.1 Å². The van der Waals surface area contributed by atoms with E-state index in [-0.39, 0.29) is 12.5 Å². The molecular weight excluding hydrogens is 222 g/mol. The van der Waals surface area contributed by atoms with E-state index >= 15 is 0 Å². The van der Waals surface area contributed by atoms with E-state index in [1.54, 1.807) is 18.8 Å². The number of carboxylic acids is 1. The standard InChI is InChI=1S/C11H19N3O3/c1-5-12-8(6-9(15)16)10-7(2)13-14(3)11(10)17-4/h8,12H,5-6H2,1-4H3,(H,15,16). The molecule has 0 spiro atoms. The summed E-state index contributed by atoms with van der Waals surface area (Å²) in [5, 5.41) is 16.3. The van der Waals surface area contributed by atoms with Crippen LogP contribution in [0.25, 0.3) is 0 Å². The van der Waals surface area contributed by atoms with Crippen LogP contribution in [-0.4, -0.2) is 34.5 Å². The van der Waals surface area contributed by atoms with Crippen LogP contribution in [0.4, 0.5) is 0 Å². The fraction of sp³-hybridized carbons (Fsp3) is 0.636. The highest BCUT2D eigenvalue weighted by Gasteiger charge is 2.24. The van der Waals surface area contributed by atoms with Gasteiger partial charge in [-0.25, -0.2) is 4.68 Å². The van der Waals surface area contributed by atoms with Gasteiger partial charge in [0.15, 0.2) is 0 Å². The minimum absolute atomic E-state index is 0.0106. The lowest BCUT2D eigenvalue weighted by Crippen LogP contribution is -2.24. The lowest BCUT2D eigenvalue weighted by molar-refractivity contribution is -0.137. The maximum atomic E-state index is 10.9. The van der Waals surface area contributed by atoms with Crippen molar-refractivity contribution in [1.29, 1.82) is 0 Å². The fourth-order valence-corrected chi connectivity index (χ4v) is 1.99. The fourth-order valence-electron chi connectivity index (χ4n) is 1.99. The largest absolute Gasteiger partial charge is 0.481 e. The van der Waals surface area contributed by atoms with Gasteiger partial charge in [0.1, 0.15) is 0 Å². The Morgan fingerprint density at radius 1 is 1.65 bits per heavy atom. The highest BCUT2D eigenvalue weighted by atomic mass is 16.5. The average Bonchev–Trinajstić information content (AvgIpc) is 2.51. The van der Waals surface area contributed by atoms with Gasteiger partial charge in [0, 0.05) is 13.1 Å². The second-order valence-electron chi connectivity index (χ2n) is 3.84. The molecule has 0 saturated carbocycles. The number of aromatic nitrogens is 2. The molecule has 0 saturated heterocycles. The second kappa shape index (κ2) is 5.67. The van der Waals surface area contributed by atoms with E-state index in [0.29, 0.717) is 12.4 Å². The van der Waals surface area contributed by atoms with Crippen molar-refractivity contribution in [3.63, 3.8) is 0 Å². The minimum atomic E-state index is -0.846. The van der Waals surface area contributed by atoms with E-state index < -0.39 is 5.97 Å². The summed E-state index contributed by atoms with van der Waals surface area (Å²) >= 11 is 0. The van der Waals surface area contributed by atoms with Crippen LogP contribution in [0.1, 0.15) is 30.6 Å². The molecule has 1 rings (SSSR count). The first-order valence-corrected chi connectivity index (χ1v) is 5.53. The molecule has 0 aliphatic rings. The molecule has 0 aliphatic heterocycles. The molecule has 1 aromatic rings. The Morgan fingerprint density at radius 2 is 2.29 bits per heavy atom. The molecule has 0 amide bonds. The van der Waals surface area contributed by atoms with Crippen molar-refractivity contribution < 1.29 is 14.6 Å². The van der Waals surface area contributed by atoms with Crippen molar-refractivity contribution in [2.45, 2.75) is 26.3 Å². The van der Waals surface area contributed by atoms with Crippen LogP contribution in [0.5, 0.6) is 5.88 Å². The quantitative estimate of drug-likeness (QED) is 0.772. The number of nitrogens with one attached hydrogen (secondary N) is 1. The Bertz CT molecular complexity index is 401. The van der Waals surface area contributed by atoms with Crippen LogP contribution in [0.15, 0.2) is 0 Å². The Balaban J connectivity index is 3.11. The third-order valence-electron chi connectivity index (χ3n) is 2.59. The van der Waals surface area contributed by atoms with E-state index in [1.165, 1.54) is 0 Å². The van der Waals surface area contributed by atoms with E-state index in [9.17, 15) is 4.79 Å². The molecular formula is C11H19N3O3. The minimum Gasteiger partial charge on any atom is -0.481 e. The van der Waals surface area contributed by atoms with Crippen molar-refractivity contribution in [3.8, 4) is 5.88 Å². The van der Waals surface area contributed by atoms with Gasteiger partial charge < -0.3 is 15.2 Å². The van der Waals surface area contributed by atoms with Crippen LogP contribution in [0.2, 0.25) is 0 Å². The Hall–Kier alpha value is -1.56. The zero-order valence-corrected chi connectivity index (χ0v) is 10.6. The Labute approximate surface area is 101 Å². The normalized spacial score (nSPS) is 12.5. The molecule has 2 N–H and O–H groups in total. The first-order chi connectivity index (χ1) is 8.01. The van der Waals surface area contributed by atoms with Crippen molar-refractivity contribution in [1.82, 2.24) is 15.1 Å². The molecule has 0 bridgehead atoms. The monoisotopic (exact) mass is 241 g/mol. The van der Waals surface area contributed by atoms with Crippen molar-refractivity contribution in [2.24, 2.45) is 7.05 Å². The summed E-state index contributed by atoms with van der Waals surface area (Å²) in [6.07, 6.45) is 0.0106. The molecule has 6 nitrogen and oxygen atoms in total. The summed E-state index contributed by atoms with van der Waals surface area (Å²) in [7, 11) is 3.34. The molecule has 6 heteroatoms. The molecule has 0 fully saturated rings. The summed E-state index contributed by atoms with van der Waals surface area (Å²) in [6.45, 7) is 4.48. The van der Waals surface area contributed by atoms with Gasteiger partial charge in [0.25, 0.3) is 0 Å². The predicted octanol–water partition coefficient (Wildman–Crippen LogP) is 0.862. The molecule has 0 aliphatic carbocycles. The number of aliphatic carboxylic acids is 1. The number of aryl methyl sites for hydroxylation is 2. The van der Waals surface area contributed by atoms with Gasteiger partial charge in [-0.05, 0) is 13.5 Å². The zero-order chi connectivity index (χ0) is 13.0. The Kier molecular flexibility index (Phi) is 4.51. The van der Waals surface area contributed by atoms with Gasteiger partial charge >= 0.3 is 5.97 Å². The summed E-state index contributed by atoms with van der Waals surface area (Å²) in [4.78, 5) is 10.9. The van der Waals surface area contributed by atoms with Gasteiger partial charge in [-0.1, -0.05) is 6.92 Å². The molecule has 1 atom stereocenters. The number of hydrogen-bond acceptors (Lipinski definition) is 4. The summed E-state index contributed by atoms with van der Waals surface area (Å²) in [5.41, 5.74) is 1.61. The van der Waals surface area contributed by atoms with Crippen LogP contribution in [0, 0.1) is 6.92 Å². The number of methoxy groups -OCH3 is 1. The first kappa shape index (κ1) is 13.5. The number of carbonyl (C=O) groups is 1. The Morgan fingerprint density at radius 3 is 2.76 bits per heavy atom. The molecule has 1 heterocycles. The van der Waals surface area contributed by atoms with Gasteiger partial charge in [0.05, 0.1) is 24.8 Å². The number of nitrogens with zero attached hydrogens (tertiary/aromatic N) is 2. The summed E-state index contributed by atoms with van der Waals surface area (Å²) in [5.74, 6) is -0.240. The SMILES string of the molecule is CCNC(CC(=O)O)c1c(C)nn(C)c1OC.